The van der Waals surface area contributed by atoms with E-state index in [0.29, 0.717) is 11.1 Å². The number of rotatable bonds is 6. The summed E-state index contributed by atoms with van der Waals surface area (Å²) in [6.07, 6.45) is 1.74. The molecule has 5 aromatic rings. The maximum Gasteiger partial charge on any atom is 0.359 e. The number of anilines is 1. The van der Waals surface area contributed by atoms with Gasteiger partial charge in [-0.05, 0) is 68.1 Å². The van der Waals surface area contributed by atoms with Crippen molar-refractivity contribution < 1.29 is 19.4 Å². The SMILES string of the molecule is CN(C)C(=O)c1cc(-c2ccc(C#Cc3ccccc3CN3CCN(c4ccc(C(=O)OC(C)(C)C)nn4)CC3)cn2)c2ccccc2c1O. The van der Waals surface area contributed by atoms with Gasteiger partial charge in [0.25, 0.3) is 5.91 Å². The van der Waals surface area contributed by atoms with Gasteiger partial charge < -0.3 is 19.6 Å². The number of phenols is 1. The van der Waals surface area contributed by atoms with Gasteiger partial charge in [-0.25, -0.2) is 4.79 Å². The lowest BCUT2D eigenvalue weighted by Crippen LogP contribution is -2.46. The van der Waals surface area contributed by atoms with Crippen LogP contribution in [-0.4, -0.2) is 87.8 Å². The predicted molar refractivity (Wildman–Crippen MR) is 194 cm³/mol. The zero-order valence-corrected chi connectivity index (χ0v) is 29.0. The number of carbonyl (C=O) groups is 2. The zero-order valence-electron chi connectivity index (χ0n) is 29.0. The molecule has 1 aliphatic rings. The van der Waals surface area contributed by atoms with E-state index in [2.05, 4.69) is 37.9 Å². The number of nitrogens with zero attached hydrogens (tertiary/aromatic N) is 6. The van der Waals surface area contributed by atoms with E-state index in [-0.39, 0.29) is 22.9 Å². The number of piperazine rings is 1. The maximum atomic E-state index is 12.9. The molecule has 1 amide bonds. The lowest BCUT2D eigenvalue weighted by atomic mass is 9.96. The summed E-state index contributed by atoms with van der Waals surface area (Å²) in [5.74, 6) is 6.57. The molecule has 0 radical (unpaired) electrons. The van der Waals surface area contributed by atoms with Gasteiger partial charge in [0, 0.05) is 75.1 Å². The van der Waals surface area contributed by atoms with Crippen LogP contribution in [0.3, 0.4) is 0 Å². The van der Waals surface area contributed by atoms with Crippen LogP contribution in [0.4, 0.5) is 5.82 Å². The van der Waals surface area contributed by atoms with Crippen LogP contribution in [0.25, 0.3) is 22.0 Å². The van der Waals surface area contributed by atoms with Gasteiger partial charge in [-0.2, -0.15) is 0 Å². The number of esters is 1. The molecule has 0 bridgehead atoms. The summed E-state index contributed by atoms with van der Waals surface area (Å²) < 4.78 is 5.39. The van der Waals surface area contributed by atoms with Crippen LogP contribution < -0.4 is 4.90 Å². The number of hydrogen-bond donors (Lipinski definition) is 1. The molecule has 0 unspecified atom stereocenters. The molecular formula is C40H40N6O4. The fourth-order valence-corrected chi connectivity index (χ4v) is 5.83. The topological polar surface area (TPSA) is 112 Å². The van der Waals surface area contributed by atoms with E-state index in [1.165, 1.54) is 4.90 Å². The molecule has 6 rings (SSSR count). The van der Waals surface area contributed by atoms with E-state index in [9.17, 15) is 14.7 Å². The first-order chi connectivity index (χ1) is 24.0. The molecule has 1 N–H and O–H groups in total. The van der Waals surface area contributed by atoms with Gasteiger partial charge in [-0.3, -0.25) is 14.7 Å². The van der Waals surface area contributed by atoms with Crippen molar-refractivity contribution in [2.24, 2.45) is 0 Å². The Morgan fingerprint density at radius 3 is 2.26 bits per heavy atom. The van der Waals surface area contributed by atoms with Gasteiger partial charge in [-0.1, -0.05) is 54.3 Å². The maximum absolute atomic E-state index is 12.9. The van der Waals surface area contributed by atoms with Crippen molar-refractivity contribution in [2.75, 3.05) is 45.2 Å². The van der Waals surface area contributed by atoms with Crippen LogP contribution in [0, 0.1) is 11.8 Å². The second-order valence-corrected chi connectivity index (χ2v) is 13.4. The molecular weight excluding hydrogens is 628 g/mol. The predicted octanol–water partition coefficient (Wildman–Crippen LogP) is 5.78. The van der Waals surface area contributed by atoms with Crippen LogP contribution in [0.1, 0.15) is 58.3 Å². The largest absolute Gasteiger partial charge is 0.506 e. The van der Waals surface area contributed by atoms with Crippen molar-refractivity contribution in [3.05, 3.63) is 113 Å². The Morgan fingerprint density at radius 1 is 0.880 bits per heavy atom. The minimum absolute atomic E-state index is 0.0353. The molecule has 0 aliphatic carbocycles. The standard InChI is InChI=1S/C40H40N6O4/c1-40(2,3)50-39(49)35-18-19-36(43-42-35)46-22-20-45(21-23-46)26-29-11-7-6-10-28(29)16-14-27-15-17-34(41-25-27)32-24-33(38(48)44(4)5)37(47)31-13-9-8-12-30(31)32/h6-13,15,17-19,24-25,47H,20-23,26H2,1-5H3. The third kappa shape index (κ3) is 7.74. The Bertz CT molecular complexity index is 2090. The quantitative estimate of drug-likeness (QED) is 0.178. The van der Waals surface area contributed by atoms with Crippen molar-refractivity contribution in [1.82, 2.24) is 25.0 Å². The van der Waals surface area contributed by atoms with E-state index in [0.717, 1.165) is 66.2 Å². The number of amides is 1. The highest BCUT2D eigenvalue weighted by molar-refractivity contribution is 6.08. The number of fused-ring (bicyclic) bond motifs is 1. The van der Waals surface area contributed by atoms with Crippen LogP contribution in [0.5, 0.6) is 5.75 Å². The Labute approximate surface area is 292 Å². The molecule has 1 fully saturated rings. The third-order valence-corrected chi connectivity index (χ3v) is 8.40. The Kier molecular flexibility index (Phi) is 9.79. The lowest BCUT2D eigenvalue weighted by Gasteiger charge is -2.35. The zero-order chi connectivity index (χ0) is 35.4. The van der Waals surface area contributed by atoms with E-state index in [4.69, 9.17) is 9.72 Å². The molecule has 10 nitrogen and oxygen atoms in total. The minimum Gasteiger partial charge on any atom is -0.506 e. The monoisotopic (exact) mass is 668 g/mol. The minimum atomic E-state index is -0.590. The molecule has 10 heteroatoms. The fraction of sp³-hybridized carbons (Fsp3) is 0.275. The number of phenolic OH excluding ortho intramolecular Hbond substituents is 1. The number of hydrogen-bond acceptors (Lipinski definition) is 9. The van der Waals surface area contributed by atoms with Gasteiger partial charge in [0.1, 0.15) is 11.4 Å². The Morgan fingerprint density at radius 2 is 1.60 bits per heavy atom. The second-order valence-electron chi connectivity index (χ2n) is 13.4. The molecule has 1 saturated heterocycles. The highest BCUT2D eigenvalue weighted by atomic mass is 16.6. The average molecular weight is 669 g/mol. The molecule has 0 atom stereocenters. The fourth-order valence-electron chi connectivity index (χ4n) is 5.83. The van der Waals surface area contributed by atoms with E-state index in [1.807, 2.05) is 75.4 Å². The number of pyridine rings is 1. The first-order valence-electron chi connectivity index (χ1n) is 16.5. The number of ether oxygens (including phenoxy) is 1. The number of carbonyl (C=O) groups excluding carboxylic acids is 2. The van der Waals surface area contributed by atoms with Crippen LogP contribution in [0.15, 0.2) is 85.1 Å². The average Bonchev–Trinajstić information content (AvgIpc) is 3.11. The number of benzene rings is 3. The summed E-state index contributed by atoms with van der Waals surface area (Å²) in [5, 5.41) is 20.7. The van der Waals surface area contributed by atoms with Crippen LogP contribution >= 0.6 is 0 Å². The summed E-state index contributed by atoms with van der Waals surface area (Å²) in [4.78, 5) is 35.9. The van der Waals surface area contributed by atoms with Crippen LogP contribution in [-0.2, 0) is 11.3 Å². The van der Waals surface area contributed by atoms with Gasteiger partial charge in [0.15, 0.2) is 11.5 Å². The van der Waals surface area contributed by atoms with Crippen molar-refractivity contribution in [2.45, 2.75) is 32.9 Å². The molecule has 0 saturated carbocycles. The van der Waals surface area contributed by atoms with Gasteiger partial charge >= 0.3 is 5.97 Å². The molecule has 254 valence electrons. The first kappa shape index (κ1) is 34.1. The van der Waals surface area contributed by atoms with E-state index < -0.39 is 11.6 Å². The molecule has 0 spiro atoms. The van der Waals surface area contributed by atoms with Gasteiger partial charge in [0.2, 0.25) is 0 Å². The molecule has 2 aromatic heterocycles. The number of aromatic hydroxyl groups is 1. The van der Waals surface area contributed by atoms with Gasteiger partial charge in [0.05, 0.1) is 11.3 Å². The molecule has 3 aromatic carbocycles. The normalized spacial score (nSPS) is 13.4. The van der Waals surface area contributed by atoms with E-state index >= 15 is 0 Å². The van der Waals surface area contributed by atoms with E-state index in [1.54, 1.807) is 38.5 Å². The summed E-state index contributed by atoms with van der Waals surface area (Å²) in [5.41, 5.74) is 4.16. The first-order valence-corrected chi connectivity index (χ1v) is 16.5. The van der Waals surface area contributed by atoms with Crippen molar-refractivity contribution in [3.63, 3.8) is 0 Å². The lowest BCUT2D eigenvalue weighted by molar-refractivity contribution is 0.00614. The summed E-state index contributed by atoms with van der Waals surface area (Å²) in [6.45, 7) is 9.49. The van der Waals surface area contributed by atoms with Crippen molar-refractivity contribution in [3.8, 4) is 28.8 Å². The smallest absolute Gasteiger partial charge is 0.359 e. The second kappa shape index (κ2) is 14.4. The van der Waals surface area contributed by atoms with Gasteiger partial charge in [-0.15, -0.1) is 10.2 Å². The van der Waals surface area contributed by atoms with Crippen molar-refractivity contribution in [1.29, 1.82) is 0 Å². The molecule has 50 heavy (non-hydrogen) atoms. The Balaban J connectivity index is 1.12. The molecule has 3 heterocycles. The highest BCUT2D eigenvalue weighted by Crippen LogP contribution is 2.36. The van der Waals surface area contributed by atoms with Crippen molar-refractivity contribution >= 4 is 28.5 Å². The Hall–Kier alpha value is -5.79. The summed E-state index contributed by atoms with van der Waals surface area (Å²) in [7, 11) is 3.32. The highest BCUT2D eigenvalue weighted by Gasteiger charge is 2.23. The van der Waals surface area contributed by atoms with Crippen LogP contribution in [0.2, 0.25) is 0 Å². The summed E-state index contributed by atoms with van der Waals surface area (Å²) >= 11 is 0. The summed E-state index contributed by atoms with van der Waals surface area (Å²) in [6, 6.07) is 24.7. The number of aromatic nitrogens is 3. The third-order valence-electron chi connectivity index (χ3n) is 8.40. The molecule has 1 aliphatic heterocycles.